The van der Waals surface area contributed by atoms with Gasteiger partial charge in [0.15, 0.2) is 6.29 Å². The molecule has 1 heterocycles. The Hall–Kier alpha value is -1.46. The van der Waals surface area contributed by atoms with Crippen molar-refractivity contribution >= 4 is 16.3 Å². The summed E-state index contributed by atoms with van der Waals surface area (Å²) < 4.78 is 47.5. The van der Waals surface area contributed by atoms with Crippen molar-refractivity contribution in [3.8, 4) is 0 Å². The number of hydrogen-bond donors (Lipinski definition) is 7. The van der Waals surface area contributed by atoms with Crippen LogP contribution in [-0.4, -0.2) is 107 Å². The fourth-order valence-electron chi connectivity index (χ4n) is 7.71. The Morgan fingerprint density at radius 1 is 0.656 bits per heavy atom. The van der Waals surface area contributed by atoms with Gasteiger partial charge in [0.1, 0.15) is 30.5 Å². The van der Waals surface area contributed by atoms with Crippen molar-refractivity contribution in [2.45, 2.75) is 255 Å². The summed E-state index contributed by atoms with van der Waals surface area (Å²) in [6.07, 6.45) is 31.3. The molecule has 0 spiro atoms. The van der Waals surface area contributed by atoms with Crippen molar-refractivity contribution in [2.75, 3.05) is 13.2 Å². The summed E-state index contributed by atoms with van der Waals surface area (Å²) in [6, 6.07) is -1.13. The number of allylic oxidation sites excluding steroid dienone is 3. The van der Waals surface area contributed by atoms with Gasteiger partial charge >= 0.3 is 10.4 Å². The van der Waals surface area contributed by atoms with E-state index in [1.165, 1.54) is 141 Å². The number of nitrogens with one attached hydrogen (secondary N) is 1. The quantitative estimate of drug-likeness (QED) is 0.0175. The van der Waals surface area contributed by atoms with Crippen LogP contribution in [0.4, 0.5) is 0 Å². The van der Waals surface area contributed by atoms with Gasteiger partial charge in [-0.05, 0) is 32.1 Å². The van der Waals surface area contributed by atoms with Crippen molar-refractivity contribution in [2.24, 2.45) is 0 Å². The molecule has 360 valence electrons. The Morgan fingerprint density at radius 2 is 1.10 bits per heavy atom. The molecule has 0 radical (unpaired) electrons. The summed E-state index contributed by atoms with van der Waals surface area (Å²) in [5.74, 6) is -0.710. The van der Waals surface area contributed by atoms with Crippen LogP contribution in [0.1, 0.15) is 206 Å². The molecule has 0 aliphatic carbocycles. The van der Waals surface area contributed by atoms with E-state index in [4.69, 9.17) is 9.47 Å². The zero-order valence-corrected chi connectivity index (χ0v) is 38.9. The summed E-state index contributed by atoms with van der Waals surface area (Å²) >= 11 is 0. The molecule has 1 amide bonds. The first-order valence-corrected chi connectivity index (χ1v) is 25.7. The Balaban J connectivity index is 2.51. The minimum absolute atomic E-state index is 0.241. The Kier molecular flexibility index (Phi) is 35.7. The van der Waals surface area contributed by atoms with Gasteiger partial charge < -0.3 is 40.3 Å². The largest absolute Gasteiger partial charge is 0.397 e. The van der Waals surface area contributed by atoms with Gasteiger partial charge in [-0.1, -0.05) is 199 Å². The smallest absolute Gasteiger partial charge is 0.394 e. The fourth-order valence-corrected chi connectivity index (χ4v) is 8.22. The Labute approximate surface area is 370 Å². The van der Waals surface area contributed by atoms with E-state index in [0.29, 0.717) is 12.8 Å². The number of rotatable bonds is 41. The normalized spacial score (nSPS) is 21.3. The first-order chi connectivity index (χ1) is 29.4. The molecule has 8 unspecified atom stereocenters. The molecule has 1 aliphatic heterocycles. The molecule has 13 nitrogen and oxygen atoms in total. The third-order valence-electron chi connectivity index (χ3n) is 11.6. The zero-order chi connectivity index (χ0) is 45.0. The maximum atomic E-state index is 13.1. The number of ether oxygens (including phenoxy) is 2. The van der Waals surface area contributed by atoms with Crippen molar-refractivity contribution in [1.29, 1.82) is 0 Å². The first kappa shape index (κ1) is 57.6. The molecule has 0 aromatic carbocycles. The van der Waals surface area contributed by atoms with Crippen molar-refractivity contribution in [3.63, 3.8) is 0 Å². The summed E-state index contributed by atoms with van der Waals surface area (Å²) in [5.41, 5.74) is 0. The van der Waals surface area contributed by atoms with E-state index in [9.17, 15) is 43.3 Å². The minimum atomic E-state index is -5.12. The molecule has 7 N–H and O–H groups in total. The van der Waals surface area contributed by atoms with Gasteiger partial charge in [0.2, 0.25) is 5.91 Å². The molecule has 0 bridgehead atoms. The first-order valence-electron chi connectivity index (χ1n) is 24.3. The molecule has 0 aromatic heterocycles. The number of carbonyl (C=O) groups is 1. The lowest BCUT2D eigenvalue weighted by molar-refractivity contribution is -0.298. The number of aliphatic hydroxyl groups is 5. The fraction of sp³-hybridized carbons (Fsp3) is 0.894. The van der Waals surface area contributed by atoms with E-state index >= 15 is 0 Å². The molecule has 14 heteroatoms. The maximum absolute atomic E-state index is 13.1. The molecule has 0 aromatic rings. The Bertz CT molecular complexity index is 1200. The number of amides is 1. The van der Waals surface area contributed by atoms with Crippen LogP contribution in [-0.2, 0) is 28.9 Å². The maximum Gasteiger partial charge on any atom is 0.397 e. The molecule has 1 aliphatic rings. The summed E-state index contributed by atoms with van der Waals surface area (Å²) in [6.45, 7) is 3.19. The molecule has 0 saturated carbocycles. The van der Waals surface area contributed by atoms with Crippen LogP contribution in [0.15, 0.2) is 24.3 Å². The zero-order valence-electron chi connectivity index (χ0n) is 38.1. The van der Waals surface area contributed by atoms with Crippen LogP contribution in [0, 0.1) is 0 Å². The van der Waals surface area contributed by atoms with Crippen LogP contribution >= 0.6 is 0 Å². The molecular weight excluding hydrogens is 803 g/mol. The van der Waals surface area contributed by atoms with Crippen molar-refractivity contribution in [3.05, 3.63) is 24.3 Å². The molecule has 61 heavy (non-hydrogen) atoms. The average molecular weight is 892 g/mol. The second kappa shape index (κ2) is 37.9. The SMILES string of the molecule is CCCCCCCC/C=C/CC/C=C/C(O)C(COC1OC(CO)C(O)C(OS(=O)(=O)O)C1O)NC(=O)C(O)CCCCCCCCCCCCCCCCCCCCCC. The highest BCUT2D eigenvalue weighted by molar-refractivity contribution is 7.80. The van der Waals surface area contributed by atoms with Gasteiger partial charge in [0.05, 0.1) is 25.4 Å². The van der Waals surface area contributed by atoms with Gasteiger partial charge in [-0.2, -0.15) is 8.42 Å². The van der Waals surface area contributed by atoms with E-state index in [2.05, 4.69) is 35.5 Å². The second-order valence-electron chi connectivity index (χ2n) is 17.2. The predicted molar refractivity (Wildman–Crippen MR) is 242 cm³/mol. The topological polar surface area (TPSA) is 212 Å². The third-order valence-corrected chi connectivity index (χ3v) is 12.1. The summed E-state index contributed by atoms with van der Waals surface area (Å²) in [5, 5.41) is 55.2. The molecular formula is C47H89NO12S. The minimum Gasteiger partial charge on any atom is -0.394 e. The monoisotopic (exact) mass is 892 g/mol. The highest BCUT2D eigenvalue weighted by Gasteiger charge is 2.48. The van der Waals surface area contributed by atoms with E-state index in [-0.39, 0.29) is 6.42 Å². The number of aliphatic hydroxyl groups excluding tert-OH is 5. The predicted octanol–water partition coefficient (Wildman–Crippen LogP) is 8.69. The number of hydrogen-bond acceptors (Lipinski definition) is 11. The van der Waals surface area contributed by atoms with Crippen LogP contribution in [0.5, 0.6) is 0 Å². The summed E-state index contributed by atoms with van der Waals surface area (Å²) in [7, 11) is -5.12. The number of unbranched alkanes of at least 4 members (excludes halogenated alkanes) is 26. The van der Waals surface area contributed by atoms with E-state index in [1.807, 2.05) is 0 Å². The van der Waals surface area contributed by atoms with Crippen molar-refractivity contribution < 1.29 is 57.0 Å². The van der Waals surface area contributed by atoms with E-state index in [0.717, 1.165) is 38.5 Å². The lowest BCUT2D eigenvalue weighted by atomic mass is 9.99. The van der Waals surface area contributed by atoms with E-state index < -0.39 is 78.5 Å². The van der Waals surface area contributed by atoms with Gasteiger partial charge in [0.25, 0.3) is 0 Å². The molecule has 8 atom stereocenters. The average Bonchev–Trinajstić information content (AvgIpc) is 3.23. The molecule has 1 fully saturated rings. The van der Waals surface area contributed by atoms with Crippen LogP contribution in [0.2, 0.25) is 0 Å². The second-order valence-corrected chi connectivity index (χ2v) is 18.2. The standard InChI is InChI=1S/C47H89NO12S/c1-3-5-7-9-11-13-15-17-18-19-20-21-22-23-24-26-28-30-32-34-36-41(51)46(54)48-39(40(50)35-33-31-29-27-25-16-14-12-10-8-6-4-2)38-58-47-44(53)45(60-61(55,56)57)43(52)42(37-49)59-47/h25,27,33,35,39-45,47,49-53H,3-24,26,28-32,34,36-38H2,1-2H3,(H,48,54)(H,55,56,57)/b27-25+,35-33+. The van der Waals surface area contributed by atoms with Crippen LogP contribution in [0.25, 0.3) is 0 Å². The van der Waals surface area contributed by atoms with Gasteiger partial charge in [-0.15, -0.1) is 0 Å². The lowest BCUT2D eigenvalue weighted by Crippen LogP contribution is -2.61. The van der Waals surface area contributed by atoms with Gasteiger partial charge in [-0.3, -0.25) is 9.35 Å². The highest BCUT2D eigenvalue weighted by atomic mass is 32.3. The lowest BCUT2D eigenvalue weighted by Gasteiger charge is -2.41. The number of carbonyl (C=O) groups excluding carboxylic acids is 1. The van der Waals surface area contributed by atoms with E-state index in [1.54, 1.807) is 6.08 Å². The van der Waals surface area contributed by atoms with Crippen LogP contribution < -0.4 is 5.32 Å². The third kappa shape index (κ3) is 30.3. The molecule has 1 saturated heterocycles. The van der Waals surface area contributed by atoms with Crippen molar-refractivity contribution in [1.82, 2.24) is 5.32 Å². The van der Waals surface area contributed by atoms with Gasteiger partial charge in [0, 0.05) is 0 Å². The molecule has 1 rings (SSSR count). The Morgan fingerprint density at radius 3 is 1.57 bits per heavy atom. The highest BCUT2D eigenvalue weighted by Crippen LogP contribution is 2.26. The summed E-state index contributed by atoms with van der Waals surface area (Å²) in [4.78, 5) is 13.1. The van der Waals surface area contributed by atoms with Crippen LogP contribution in [0.3, 0.4) is 0 Å². The van der Waals surface area contributed by atoms with Gasteiger partial charge in [-0.25, -0.2) is 4.18 Å².